The van der Waals surface area contributed by atoms with Gasteiger partial charge in [0.25, 0.3) is 0 Å². The van der Waals surface area contributed by atoms with Gasteiger partial charge in [-0.1, -0.05) is 0 Å². The van der Waals surface area contributed by atoms with Crippen LogP contribution in [0.1, 0.15) is 25.1 Å². The van der Waals surface area contributed by atoms with Crippen LogP contribution in [0.25, 0.3) is 11.0 Å². The Labute approximate surface area is 173 Å². The van der Waals surface area contributed by atoms with Gasteiger partial charge in [0.15, 0.2) is 5.13 Å². The molecule has 0 spiro atoms. The van der Waals surface area contributed by atoms with E-state index in [4.69, 9.17) is 13.9 Å². The Morgan fingerprint density at radius 3 is 2.90 bits per heavy atom. The zero-order valence-electron chi connectivity index (χ0n) is 16.8. The van der Waals surface area contributed by atoms with Crippen molar-refractivity contribution in [2.75, 3.05) is 25.5 Å². The van der Waals surface area contributed by atoms with Crippen LogP contribution in [0.5, 0.6) is 5.75 Å². The van der Waals surface area contributed by atoms with Crippen molar-refractivity contribution in [2.24, 2.45) is 0 Å². The first kappa shape index (κ1) is 19.9. The summed E-state index contributed by atoms with van der Waals surface area (Å²) in [4.78, 5) is 19.4. The maximum absolute atomic E-state index is 12.5. The number of carbonyl (C=O) groups excluding carboxylic acids is 1. The lowest BCUT2D eigenvalue weighted by Gasteiger charge is -2.34. The lowest BCUT2D eigenvalue weighted by Crippen LogP contribution is -2.44. The Balaban J connectivity index is 1.36. The van der Waals surface area contributed by atoms with Crippen molar-refractivity contribution in [3.63, 3.8) is 0 Å². The molecule has 1 aliphatic heterocycles. The number of amides is 1. The van der Waals surface area contributed by atoms with Crippen LogP contribution in [-0.4, -0.2) is 48.2 Å². The number of anilines is 1. The minimum absolute atomic E-state index is 0.113. The summed E-state index contributed by atoms with van der Waals surface area (Å²) in [7, 11) is 1.61. The highest BCUT2D eigenvalue weighted by Crippen LogP contribution is 2.26. The molecule has 29 heavy (non-hydrogen) atoms. The van der Waals surface area contributed by atoms with E-state index in [2.05, 4.69) is 29.0 Å². The zero-order chi connectivity index (χ0) is 20.4. The number of fused-ring (bicyclic) bond motifs is 1. The molecule has 8 heteroatoms. The van der Waals surface area contributed by atoms with Crippen LogP contribution in [-0.2, 0) is 22.5 Å². The summed E-state index contributed by atoms with van der Waals surface area (Å²) in [6.07, 6.45) is 2.30. The van der Waals surface area contributed by atoms with E-state index in [0.717, 1.165) is 42.0 Å². The van der Waals surface area contributed by atoms with Gasteiger partial charge in [-0.3, -0.25) is 9.69 Å². The van der Waals surface area contributed by atoms with Gasteiger partial charge in [-0.15, -0.1) is 11.3 Å². The summed E-state index contributed by atoms with van der Waals surface area (Å²) in [5, 5.41) is 6.43. The fourth-order valence-corrected chi connectivity index (χ4v) is 4.46. The molecule has 154 valence electrons. The zero-order valence-corrected chi connectivity index (χ0v) is 17.6. The monoisotopic (exact) mass is 415 g/mol. The topological polar surface area (TPSA) is 76.8 Å². The Kier molecular flexibility index (Phi) is 5.84. The molecule has 2 unspecified atom stereocenters. The van der Waals surface area contributed by atoms with Crippen molar-refractivity contribution in [3.8, 4) is 5.75 Å². The molecule has 0 saturated carbocycles. The van der Waals surface area contributed by atoms with Gasteiger partial charge in [-0.2, -0.15) is 0 Å². The molecule has 1 aliphatic rings. The molecule has 0 bridgehead atoms. The summed E-state index contributed by atoms with van der Waals surface area (Å²) in [5.74, 6) is 0.611. The summed E-state index contributed by atoms with van der Waals surface area (Å²) < 4.78 is 16.5. The van der Waals surface area contributed by atoms with Crippen LogP contribution < -0.4 is 10.1 Å². The number of ether oxygens (including phenoxy) is 2. The van der Waals surface area contributed by atoms with Gasteiger partial charge >= 0.3 is 0 Å². The molecule has 1 fully saturated rings. The van der Waals surface area contributed by atoms with Gasteiger partial charge < -0.3 is 19.2 Å². The van der Waals surface area contributed by atoms with E-state index in [1.54, 1.807) is 13.4 Å². The van der Waals surface area contributed by atoms with Gasteiger partial charge in [0, 0.05) is 42.0 Å². The van der Waals surface area contributed by atoms with Crippen molar-refractivity contribution >= 4 is 33.3 Å². The maximum Gasteiger partial charge on any atom is 0.230 e. The fourth-order valence-electron chi connectivity index (χ4n) is 3.74. The molecule has 4 rings (SSSR count). The van der Waals surface area contributed by atoms with E-state index in [1.807, 2.05) is 23.6 Å². The predicted octanol–water partition coefficient (Wildman–Crippen LogP) is 3.69. The lowest BCUT2D eigenvalue weighted by atomic mass is 10.1. The second-order valence-electron chi connectivity index (χ2n) is 7.44. The number of methoxy groups -OCH3 is 1. The molecule has 2 atom stereocenters. The van der Waals surface area contributed by atoms with Crippen molar-refractivity contribution < 1.29 is 18.7 Å². The molecule has 1 amide bonds. The molecular formula is C21H25N3O4S. The number of thiazole rings is 1. The number of furan rings is 1. The molecule has 0 aliphatic carbocycles. The second-order valence-corrected chi connectivity index (χ2v) is 8.30. The van der Waals surface area contributed by atoms with Crippen molar-refractivity contribution in [1.82, 2.24) is 9.88 Å². The van der Waals surface area contributed by atoms with E-state index >= 15 is 0 Å². The molecule has 1 aromatic carbocycles. The van der Waals surface area contributed by atoms with Gasteiger partial charge in [-0.05, 0) is 26.0 Å². The molecule has 0 radical (unpaired) electrons. The van der Waals surface area contributed by atoms with Crippen LogP contribution in [0.2, 0.25) is 0 Å². The van der Waals surface area contributed by atoms with Gasteiger partial charge in [0.1, 0.15) is 11.3 Å². The van der Waals surface area contributed by atoms with Crippen molar-refractivity contribution in [3.05, 3.63) is 41.1 Å². The molecule has 3 heterocycles. The Bertz CT molecular complexity index is 989. The minimum atomic E-state index is -0.113. The summed E-state index contributed by atoms with van der Waals surface area (Å²) in [5.41, 5.74) is 2.51. The third-order valence-corrected chi connectivity index (χ3v) is 5.70. The molecule has 1 saturated heterocycles. The van der Waals surface area contributed by atoms with E-state index in [9.17, 15) is 4.79 Å². The van der Waals surface area contributed by atoms with Gasteiger partial charge in [0.2, 0.25) is 5.91 Å². The third kappa shape index (κ3) is 4.77. The number of aromatic nitrogens is 1. The second kappa shape index (κ2) is 8.52. The first-order valence-electron chi connectivity index (χ1n) is 9.66. The molecule has 3 aromatic rings. The number of nitrogens with one attached hydrogen (secondary N) is 1. The lowest BCUT2D eigenvalue weighted by molar-refractivity contribution is -0.115. The Morgan fingerprint density at radius 1 is 1.34 bits per heavy atom. The summed E-state index contributed by atoms with van der Waals surface area (Å²) in [6.45, 7) is 6.72. The molecule has 1 N–H and O–H groups in total. The number of nitrogens with zero attached hydrogens (tertiary/aromatic N) is 2. The van der Waals surface area contributed by atoms with Crippen molar-refractivity contribution in [2.45, 2.75) is 39.0 Å². The quantitative estimate of drug-likeness (QED) is 0.662. The fraction of sp³-hybridized carbons (Fsp3) is 0.429. The average Bonchev–Trinajstić information content (AvgIpc) is 3.27. The molecule has 2 aromatic heterocycles. The number of hydrogen-bond donors (Lipinski definition) is 1. The van der Waals surface area contributed by atoms with Crippen LogP contribution >= 0.6 is 11.3 Å². The Hall–Kier alpha value is -2.42. The van der Waals surface area contributed by atoms with E-state index < -0.39 is 0 Å². The molecular weight excluding hydrogens is 390 g/mol. The molecule has 7 nitrogen and oxygen atoms in total. The maximum atomic E-state index is 12.5. The number of hydrogen-bond acceptors (Lipinski definition) is 7. The van der Waals surface area contributed by atoms with Crippen molar-refractivity contribution in [1.29, 1.82) is 0 Å². The smallest absolute Gasteiger partial charge is 0.230 e. The first-order valence-corrected chi connectivity index (χ1v) is 10.5. The number of rotatable bonds is 6. The van der Waals surface area contributed by atoms with E-state index in [0.29, 0.717) is 10.7 Å². The highest BCUT2D eigenvalue weighted by molar-refractivity contribution is 7.13. The summed E-state index contributed by atoms with van der Waals surface area (Å²) in [6, 6.07) is 5.59. The van der Waals surface area contributed by atoms with Crippen LogP contribution in [0.4, 0.5) is 5.13 Å². The predicted molar refractivity (Wildman–Crippen MR) is 112 cm³/mol. The normalized spacial score (nSPS) is 20.1. The van der Waals surface area contributed by atoms with Crippen LogP contribution in [0, 0.1) is 0 Å². The number of morpholine rings is 1. The standard InChI is InChI=1S/C21H25N3O4S/c1-13-8-24(9-14(2)28-13)10-16-12-29-21(22-16)23-20(25)6-15-11-27-19-7-17(26-3)4-5-18(15)19/h4-5,7,11-14H,6,8-10H2,1-3H3,(H,22,23,25). The highest BCUT2D eigenvalue weighted by Gasteiger charge is 2.23. The van der Waals surface area contributed by atoms with E-state index in [1.165, 1.54) is 11.3 Å². The Morgan fingerprint density at radius 2 is 2.14 bits per heavy atom. The SMILES string of the molecule is COc1ccc2c(CC(=O)Nc3nc(CN4CC(C)OC(C)C4)cs3)coc2c1. The largest absolute Gasteiger partial charge is 0.497 e. The van der Waals surface area contributed by atoms with Gasteiger partial charge in [-0.25, -0.2) is 4.98 Å². The first-order chi connectivity index (χ1) is 14.0. The highest BCUT2D eigenvalue weighted by atomic mass is 32.1. The average molecular weight is 416 g/mol. The summed E-state index contributed by atoms with van der Waals surface area (Å²) >= 11 is 1.45. The third-order valence-electron chi connectivity index (χ3n) is 4.89. The minimum Gasteiger partial charge on any atom is -0.497 e. The number of benzene rings is 1. The van der Waals surface area contributed by atoms with E-state index in [-0.39, 0.29) is 24.5 Å². The van der Waals surface area contributed by atoms with Crippen LogP contribution in [0.15, 0.2) is 34.3 Å². The number of carbonyl (C=O) groups is 1. The van der Waals surface area contributed by atoms with Gasteiger partial charge in [0.05, 0.1) is 37.7 Å². The van der Waals surface area contributed by atoms with Crippen LogP contribution in [0.3, 0.4) is 0 Å².